The molecule has 0 radical (unpaired) electrons. The number of aryl methyl sites for hydroxylation is 1. The second kappa shape index (κ2) is 4.97. The lowest BCUT2D eigenvalue weighted by Crippen LogP contribution is -2.12. The number of nitrogens with zero attached hydrogens (tertiary/aromatic N) is 1. The quantitative estimate of drug-likeness (QED) is 0.772. The highest BCUT2D eigenvalue weighted by Gasteiger charge is 2.20. The molecule has 3 aromatic rings. The molecular weight excluding hydrogens is 310 g/mol. The van der Waals surface area contributed by atoms with Crippen molar-refractivity contribution in [2.45, 2.75) is 11.1 Å². The van der Waals surface area contributed by atoms with E-state index >= 15 is 0 Å². The number of anilines is 1. The summed E-state index contributed by atoms with van der Waals surface area (Å²) in [6, 6.07) is 8.70. The van der Waals surface area contributed by atoms with Crippen molar-refractivity contribution < 1.29 is 8.42 Å². The molecule has 0 amide bonds. The van der Waals surface area contributed by atoms with Gasteiger partial charge in [0.1, 0.15) is 0 Å². The molecule has 0 aliphatic carbocycles. The van der Waals surface area contributed by atoms with Crippen LogP contribution in [0.5, 0.6) is 0 Å². The number of fused-ring (bicyclic) bond motifs is 1. The molecule has 1 aromatic carbocycles. The van der Waals surface area contributed by atoms with Crippen LogP contribution in [0.25, 0.3) is 10.9 Å². The van der Waals surface area contributed by atoms with E-state index in [2.05, 4.69) is 14.7 Å². The van der Waals surface area contributed by atoms with Gasteiger partial charge in [-0.1, -0.05) is 17.4 Å². The number of rotatable bonds is 3. The average molecular weight is 321 g/mol. The zero-order chi connectivity index (χ0) is 15.0. The summed E-state index contributed by atoms with van der Waals surface area (Å²) in [5.74, 6) is 0. The number of sulfonamides is 1. The van der Waals surface area contributed by atoms with Gasteiger partial charge in [0.25, 0.3) is 10.0 Å². The van der Waals surface area contributed by atoms with Gasteiger partial charge in [-0.15, -0.1) is 0 Å². The minimum absolute atomic E-state index is 0.00113. The zero-order valence-electron chi connectivity index (χ0n) is 11.0. The first-order valence-electron chi connectivity index (χ1n) is 6.03. The van der Waals surface area contributed by atoms with E-state index in [9.17, 15) is 13.2 Å². The first kappa shape index (κ1) is 13.8. The van der Waals surface area contributed by atoms with Gasteiger partial charge in [-0.3, -0.25) is 14.5 Å². The Kier molecular flexibility index (Phi) is 3.26. The average Bonchev–Trinajstić information content (AvgIpc) is 2.78. The van der Waals surface area contributed by atoms with Crippen molar-refractivity contribution in [1.29, 1.82) is 0 Å². The molecule has 21 heavy (non-hydrogen) atoms. The van der Waals surface area contributed by atoms with Crippen LogP contribution in [-0.4, -0.2) is 18.4 Å². The topological polar surface area (TPSA) is 91.9 Å². The van der Waals surface area contributed by atoms with Gasteiger partial charge in [-0.25, -0.2) is 8.42 Å². The highest BCUT2D eigenvalue weighted by Crippen LogP contribution is 2.22. The monoisotopic (exact) mass is 321 g/mol. The summed E-state index contributed by atoms with van der Waals surface area (Å²) in [5.41, 5.74) is 1.54. The molecular formula is C13H11N3O3S2. The number of pyridine rings is 1. The van der Waals surface area contributed by atoms with Crippen LogP contribution in [0.3, 0.4) is 0 Å². The Hall–Kier alpha value is -2.19. The lowest BCUT2D eigenvalue weighted by molar-refractivity contribution is 0.602. The van der Waals surface area contributed by atoms with Gasteiger partial charge in [0, 0.05) is 23.0 Å². The molecule has 3 rings (SSSR count). The van der Waals surface area contributed by atoms with Gasteiger partial charge < -0.3 is 4.98 Å². The van der Waals surface area contributed by atoms with E-state index in [0.29, 0.717) is 22.7 Å². The summed E-state index contributed by atoms with van der Waals surface area (Å²) in [6.07, 6.45) is 1.67. The fourth-order valence-electron chi connectivity index (χ4n) is 1.99. The molecule has 0 fully saturated rings. The highest BCUT2D eigenvalue weighted by molar-refractivity contribution is 7.94. The van der Waals surface area contributed by atoms with Crippen molar-refractivity contribution in [3.05, 3.63) is 51.9 Å². The molecule has 2 heterocycles. The number of thiazole rings is 1. The van der Waals surface area contributed by atoms with Gasteiger partial charge >= 0.3 is 4.87 Å². The molecule has 0 unspecified atom stereocenters. The van der Waals surface area contributed by atoms with Crippen LogP contribution in [0.15, 0.2) is 45.5 Å². The van der Waals surface area contributed by atoms with Crippen molar-refractivity contribution in [1.82, 2.24) is 9.97 Å². The highest BCUT2D eigenvalue weighted by atomic mass is 32.2. The normalized spacial score (nSPS) is 11.7. The Bertz CT molecular complexity index is 973. The third kappa shape index (κ3) is 2.67. The fourth-order valence-corrected chi connectivity index (χ4v) is 4.34. The van der Waals surface area contributed by atoms with Crippen molar-refractivity contribution >= 4 is 38.0 Å². The molecule has 0 aliphatic rings. The van der Waals surface area contributed by atoms with E-state index in [-0.39, 0.29) is 4.21 Å². The maximum atomic E-state index is 12.3. The number of hydrogen-bond donors (Lipinski definition) is 2. The third-order valence-electron chi connectivity index (χ3n) is 2.88. The van der Waals surface area contributed by atoms with E-state index in [0.717, 1.165) is 10.9 Å². The maximum absolute atomic E-state index is 12.3. The summed E-state index contributed by atoms with van der Waals surface area (Å²) in [4.78, 5) is 17.5. The van der Waals surface area contributed by atoms with Crippen molar-refractivity contribution in [3.63, 3.8) is 0 Å². The molecule has 0 saturated heterocycles. The Morgan fingerprint density at radius 3 is 2.81 bits per heavy atom. The van der Waals surface area contributed by atoms with Gasteiger partial charge in [-0.05, 0) is 31.2 Å². The molecule has 8 heteroatoms. The van der Waals surface area contributed by atoms with Crippen molar-refractivity contribution in [2.24, 2.45) is 0 Å². The Balaban J connectivity index is 2.01. The first-order chi connectivity index (χ1) is 9.95. The van der Waals surface area contributed by atoms with Gasteiger partial charge in [0.2, 0.25) is 0 Å². The summed E-state index contributed by atoms with van der Waals surface area (Å²) in [7, 11) is -3.77. The summed E-state index contributed by atoms with van der Waals surface area (Å²) >= 11 is 0.670. The Morgan fingerprint density at radius 1 is 1.29 bits per heavy atom. The summed E-state index contributed by atoms with van der Waals surface area (Å²) < 4.78 is 27.1. The first-order valence-corrected chi connectivity index (χ1v) is 8.33. The van der Waals surface area contributed by atoms with E-state index in [1.807, 2.05) is 6.07 Å². The number of hydrogen-bond acceptors (Lipinski definition) is 5. The minimum atomic E-state index is -3.77. The second-order valence-corrected chi connectivity index (χ2v) is 7.30. The van der Waals surface area contributed by atoms with Crippen LogP contribution in [0.2, 0.25) is 0 Å². The van der Waals surface area contributed by atoms with Crippen molar-refractivity contribution in [2.75, 3.05) is 4.72 Å². The standard InChI is InChI=1S/C13H11N3O3S2/c1-8-12(20-13(17)15-8)21(18,19)16-10-4-5-11-9(7-10)3-2-6-14-11/h2-7,16H,1H3,(H,15,17). The zero-order valence-corrected chi connectivity index (χ0v) is 12.6. The van der Waals surface area contributed by atoms with Crippen LogP contribution in [0.4, 0.5) is 5.69 Å². The molecule has 0 saturated carbocycles. The van der Waals surface area contributed by atoms with E-state index < -0.39 is 14.9 Å². The maximum Gasteiger partial charge on any atom is 0.306 e. The largest absolute Gasteiger partial charge is 0.315 e. The molecule has 108 valence electrons. The van der Waals surface area contributed by atoms with Crippen LogP contribution < -0.4 is 9.60 Å². The van der Waals surface area contributed by atoms with E-state index in [1.54, 1.807) is 37.4 Å². The SMILES string of the molecule is Cc1[nH]c(=O)sc1S(=O)(=O)Nc1ccc2ncccc2c1. The number of aromatic amines is 1. The van der Waals surface area contributed by atoms with Gasteiger partial charge in [0.05, 0.1) is 5.52 Å². The number of benzene rings is 1. The van der Waals surface area contributed by atoms with E-state index in [1.165, 1.54) is 0 Å². The Labute approximate surface area is 124 Å². The predicted molar refractivity (Wildman–Crippen MR) is 82.2 cm³/mol. The van der Waals surface area contributed by atoms with Crippen molar-refractivity contribution in [3.8, 4) is 0 Å². The molecule has 6 nitrogen and oxygen atoms in total. The molecule has 0 atom stereocenters. The van der Waals surface area contributed by atoms with Crippen LogP contribution in [0, 0.1) is 6.92 Å². The van der Waals surface area contributed by atoms with Crippen LogP contribution in [-0.2, 0) is 10.0 Å². The van der Waals surface area contributed by atoms with E-state index in [4.69, 9.17) is 0 Å². The summed E-state index contributed by atoms with van der Waals surface area (Å²) in [5, 5.41) is 0.830. The summed E-state index contributed by atoms with van der Waals surface area (Å²) in [6.45, 7) is 1.55. The molecule has 2 N–H and O–H groups in total. The second-order valence-electron chi connectivity index (χ2n) is 4.44. The van der Waals surface area contributed by atoms with Gasteiger partial charge in [-0.2, -0.15) is 0 Å². The van der Waals surface area contributed by atoms with Crippen LogP contribution in [0.1, 0.15) is 5.69 Å². The fraction of sp³-hybridized carbons (Fsp3) is 0.0769. The number of H-pyrrole nitrogens is 1. The minimum Gasteiger partial charge on any atom is -0.315 e. The molecule has 0 spiro atoms. The molecule has 2 aromatic heterocycles. The number of nitrogens with one attached hydrogen (secondary N) is 2. The Morgan fingerprint density at radius 2 is 2.10 bits per heavy atom. The third-order valence-corrected chi connectivity index (χ3v) is 5.87. The molecule has 0 bridgehead atoms. The lowest BCUT2D eigenvalue weighted by Gasteiger charge is -2.07. The predicted octanol–water partition coefficient (Wildman–Crippen LogP) is 2.09. The smallest absolute Gasteiger partial charge is 0.306 e. The van der Waals surface area contributed by atoms with Gasteiger partial charge in [0.15, 0.2) is 4.21 Å². The number of aromatic nitrogens is 2. The van der Waals surface area contributed by atoms with Crippen LogP contribution >= 0.6 is 11.3 Å². The molecule has 0 aliphatic heterocycles. The lowest BCUT2D eigenvalue weighted by atomic mass is 10.2.